The predicted molar refractivity (Wildman–Crippen MR) is 123 cm³/mol. The molecule has 170 valence electrons. The minimum atomic E-state index is -0.306. The topological polar surface area (TPSA) is 105 Å². The minimum Gasteiger partial charge on any atom is -0.497 e. The van der Waals surface area contributed by atoms with E-state index in [-0.39, 0.29) is 48.4 Å². The van der Waals surface area contributed by atoms with Crippen LogP contribution in [0.2, 0.25) is 0 Å². The van der Waals surface area contributed by atoms with Crippen LogP contribution in [-0.2, 0) is 14.4 Å². The molecule has 4 amide bonds. The maximum Gasteiger partial charge on any atom is 0.255 e. The second kappa shape index (κ2) is 9.68. The molecule has 1 heterocycles. The number of nitrogens with zero attached hydrogens (tertiary/aromatic N) is 1. The van der Waals surface area contributed by atoms with Crippen LogP contribution in [0.25, 0.3) is 0 Å². The first-order valence-corrected chi connectivity index (χ1v) is 10.8. The number of imide groups is 1. The summed E-state index contributed by atoms with van der Waals surface area (Å²) in [4.78, 5) is 50.9. The summed E-state index contributed by atoms with van der Waals surface area (Å²) in [5.74, 6) is -0.839. The van der Waals surface area contributed by atoms with Crippen molar-refractivity contribution in [2.75, 3.05) is 24.3 Å². The molecular weight excluding hydrogens is 422 g/mol. The number of fused-ring (bicyclic) bond motifs is 1. The summed E-state index contributed by atoms with van der Waals surface area (Å²) in [5.41, 5.74) is 1.60. The maximum absolute atomic E-state index is 12.5. The number of methoxy groups -OCH3 is 1. The molecule has 0 bridgehead atoms. The summed E-state index contributed by atoms with van der Waals surface area (Å²) in [6.45, 7) is 0.0683. The Morgan fingerprint density at radius 1 is 0.879 bits per heavy atom. The zero-order valence-corrected chi connectivity index (χ0v) is 18.2. The summed E-state index contributed by atoms with van der Waals surface area (Å²) in [5, 5.41) is 5.54. The second-order valence-corrected chi connectivity index (χ2v) is 8.04. The van der Waals surface area contributed by atoms with Crippen LogP contribution < -0.4 is 15.4 Å². The molecule has 0 saturated carbocycles. The standard InChI is InChI=1S/C25H25N3O5/c1-33-19-12-10-18(11-13-19)27-23(30)16-6-8-17(9-7-16)26-22(29)14-15-28-24(31)20-4-2-3-5-21(20)25(28)32/h2-3,6-13,20-21H,4-5,14-15H2,1H3,(H,26,29)(H,27,30)/t20-,21-/m0/s1. The summed E-state index contributed by atoms with van der Waals surface area (Å²) in [6, 6.07) is 13.5. The summed E-state index contributed by atoms with van der Waals surface area (Å²) in [6.07, 6.45) is 5.05. The number of carbonyl (C=O) groups is 4. The molecule has 8 nitrogen and oxygen atoms in total. The van der Waals surface area contributed by atoms with Crippen LogP contribution in [0.3, 0.4) is 0 Å². The van der Waals surface area contributed by atoms with Gasteiger partial charge in [-0.05, 0) is 61.4 Å². The fourth-order valence-electron chi connectivity index (χ4n) is 4.11. The van der Waals surface area contributed by atoms with Crippen molar-refractivity contribution in [2.24, 2.45) is 11.8 Å². The van der Waals surface area contributed by atoms with E-state index in [1.165, 1.54) is 4.90 Å². The lowest BCUT2D eigenvalue weighted by Crippen LogP contribution is -2.34. The van der Waals surface area contributed by atoms with Gasteiger partial charge in [-0.15, -0.1) is 0 Å². The van der Waals surface area contributed by atoms with E-state index in [9.17, 15) is 19.2 Å². The third kappa shape index (κ3) is 4.95. The Morgan fingerprint density at radius 2 is 1.42 bits per heavy atom. The number of nitrogens with one attached hydrogen (secondary N) is 2. The van der Waals surface area contributed by atoms with Crippen molar-refractivity contribution in [1.29, 1.82) is 0 Å². The van der Waals surface area contributed by atoms with Gasteiger partial charge in [0.15, 0.2) is 0 Å². The van der Waals surface area contributed by atoms with Crippen LogP contribution >= 0.6 is 0 Å². The van der Waals surface area contributed by atoms with Crippen molar-refractivity contribution < 1.29 is 23.9 Å². The van der Waals surface area contributed by atoms with Crippen molar-refractivity contribution in [3.8, 4) is 5.75 Å². The van der Waals surface area contributed by atoms with Crippen LogP contribution in [0.1, 0.15) is 29.6 Å². The molecule has 8 heteroatoms. The van der Waals surface area contributed by atoms with E-state index in [1.54, 1.807) is 55.6 Å². The number of hydrogen-bond donors (Lipinski definition) is 2. The van der Waals surface area contributed by atoms with E-state index >= 15 is 0 Å². The number of likely N-dealkylation sites (tertiary alicyclic amines) is 1. The third-order valence-electron chi connectivity index (χ3n) is 5.94. The number of allylic oxidation sites excluding steroid dienone is 2. The van der Waals surface area contributed by atoms with Gasteiger partial charge < -0.3 is 15.4 Å². The zero-order chi connectivity index (χ0) is 23.4. The van der Waals surface area contributed by atoms with Gasteiger partial charge in [-0.1, -0.05) is 12.2 Å². The molecule has 2 aromatic carbocycles. The SMILES string of the molecule is COc1ccc(NC(=O)c2ccc(NC(=O)CCN3C(=O)[C@H]4CC=CC[C@@H]4C3=O)cc2)cc1. The van der Waals surface area contributed by atoms with Gasteiger partial charge in [0.05, 0.1) is 18.9 Å². The Morgan fingerprint density at radius 3 is 2.00 bits per heavy atom. The predicted octanol–water partition coefficient (Wildman–Crippen LogP) is 3.23. The van der Waals surface area contributed by atoms with Gasteiger partial charge in [0.2, 0.25) is 17.7 Å². The highest BCUT2D eigenvalue weighted by Gasteiger charge is 2.46. The first kappa shape index (κ1) is 22.3. The van der Waals surface area contributed by atoms with Gasteiger partial charge >= 0.3 is 0 Å². The highest BCUT2D eigenvalue weighted by atomic mass is 16.5. The molecule has 1 aliphatic heterocycles. The highest BCUT2D eigenvalue weighted by Crippen LogP contribution is 2.35. The molecule has 1 saturated heterocycles. The Labute approximate surface area is 191 Å². The van der Waals surface area contributed by atoms with Gasteiger partial charge in [-0.25, -0.2) is 0 Å². The van der Waals surface area contributed by atoms with Crippen molar-refractivity contribution in [2.45, 2.75) is 19.3 Å². The van der Waals surface area contributed by atoms with Crippen molar-refractivity contribution in [3.05, 3.63) is 66.2 Å². The smallest absolute Gasteiger partial charge is 0.255 e. The molecule has 2 N–H and O–H groups in total. The molecular formula is C25H25N3O5. The second-order valence-electron chi connectivity index (χ2n) is 8.04. The number of rotatable bonds is 7. The molecule has 2 aromatic rings. The number of anilines is 2. The number of benzene rings is 2. The van der Waals surface area contributed by atoms with Crippen LogP contribution in [0.4, 0.5) is 11.4 Å². The molecule has 0 unspecified atom stereocenters. The molecule has 0 spiro atoms. The van der Waals surface area contributed by atoms with Crippen molar-refractivity contribution in [1.82, 2.24) is 4.90 Å². The number of carbonyl (C=O) groups excluding carboxylic acids is 4. The van der Waals surface area contributed by atoms with Crippen molar-refractivity contribution >= 4 is 35.0 Å². The molecule has 1 aliphatic carbocycles. The molecule has 0 radical (unpaired) electrons. The van der Waals surface area contributed by atoms with Gasteiger partial charge in [-0.2, -0.15) is 0 Å². The summed E-state index contributed by atoms with van der Waals surface area (Å²) >= 11 is 0. The van der Waals surface area contributed by atoms with E-state index in [2.05, 4.69) is 10.6 Å². The van der Waals surface area contributed by atoms with Crippen LogP contribution in [0.5, 0.6) is 5.75 Å². The van der Waals surface area contributed by atoms with Crippen LogP contribution in [-0.4, -0.2) is 42.2 Å². The molecule has 0 aromatic heterocycles. The Bertz CT molecular complexity index is 1070. The largest absolute Gasteiger partial charge is 0.497 e. The zero-order valence-electron chi connectivity index (χ0n) is 18.2. The number of hydrogen-bond acceptors (Lipinski definition) is 5. The maximum atomic E-state index is 12.5. The summed E-state index contributed by atoms with van der Waals surface area (Å²) in [7, 11) is 1.57. The van der Waals surface area contributed by atoms with Gasteiger partial charge in [0.25, 0.3) is 5.91 Å². The molecule has 2 atom stereocenters. The Kier molecular flexibility index (Phi) is 6.53. The van der Waals surface area contributed by atoms with Crippen LogP contribution in [0.15, 0.2) is 60.7 Å². The quantitative estimate of drug-likeness (QED) is 0.501. The average Bonchev–Trinajstić information content (AvgIpc) is 3.08. The van der Waals surface area contributed by atoms with Gasteiger partial charge in [0.1, 0.15) is 5.75 Å². The lowest BCUT2D eigenvalue weighted by atomic mass is 9.85. The first-order valence-electron chi connectivity index (χ1n) is 10.8. The van der Waals surface area contributed by atoms with Crippen LogP contribution in [0, 0.1) is 11.8 Å². The Balaban J connectivity index is 1.28. The van der Waals surface area contributed by atoms with E-state index in [1.807, 2.05) is 12.2 Å². The van der Waals surface area contributed by atoms with Gasteiger partial charge in [0, 0.05) is 29.9 Å². The molecule has 4 rings (SSSR count). The van der Waals surface area contributed by atoms with Crippen molar-refractivity contribution in [3.63, 3.8) is 0 Å². The fourth-order valence-corrected chi connectivity index (χ4v) is 4.11. The minimum absolute atomic E-state index is 0.0179. The van der Waals surface area contributed by atoms with E-state index in [0.29, 0.717) is 35.5 Å². The Hall–Kier alpha value is -3.94. The average molecular weight is 447 g/mol. The highest BCUT2D eigenvalue weighted by molar-refractivity contribution is 6.06. The lowest BCUT2D eigenvalue weighted by Gasteiger charge is -2.14. The van der Waals surface area contributed by atoms with Gasteiger partial charge in [-0.3, -0.25) is 24.1 Å². The van der Waals surface area contributed by atoms with E-state index in [4.69, 9.17) is 4.74 Å². The van der Waals surface area contributed by atoms with E-state index in [0.717, 1.165) is 0 Å². The molecule has 2 aliphatic rings. The number of ether oxygens (including phenoxy) is 1. The fraction of sp³-hybridized carbons (Fsp3) is 0.280. The molecule has 1 fully saturated rings. The van der Waals surface area contributed by atoms with E-state index < -0.39 is 0 Å². The third-order valence-corrected chi connectivity index (χ3v) is 5.94. The monoisotopic (exact) mass is 447 g/mol. The first-order chi connectivity index (χ1) is 16.0. The summed E-state index contributed by atoms with van der Waals surface area (Å²) < 4.78 is 5.10. The normalized spacial score (nSPS) is 19.2. The molecule has 33 heavy (non-hydrogen) atoms. The number of amides is 4. The lowest BCUT2D eigenvalue weighted by molar-refractivity contribution is -0.140.